The van der Waals surface area contributed by atoms with E-state index >= 15 is 0 Å². The summed E-state index contributed by atoms with van der Waals surface area (Å²) in [4.78, 5) is 19.1. The fraction of sp³-hybridized carbons (Fsp3) is 0.606. The van der Waals surface area contributed by atoms with Gasteiger partial charge in [0.1, 0.15) is 5.75 Å². The quantitative estimate of drug-likeness (QED) is 0.362. The maximum atomic E-state index is 13.7. The van der Waals surface area contributed by atoms with Crippen LogP contribution < -0.4 is 10.1 Å². The summed E-state index contributed by atoms with van der Waals surface area (Å²) in [6.07, 6.45) is 10.8. The number of carbonyl (C=O) groups excluding carboxylic acids is 1. The molecule has 0 amide bonds. The molecule has 5 rings (SSSR count). The summed E-state index contributed by atoms with van der Waals surface area (Å²) in [6.45, 7) is 6.76. The van der Waals surface area contributed by atoms with Crippen molar-refractivity contribution in [3.8, 4) is 5.75 Å². The highest BCUT2D eigenvalue weighted by Crippen LogP contribution is 2.42. The first-order chi connectivity index (χ1) is 19.5. The molecule has 3 aliphatic rings. The molecule has 3 fully saturated rings. The summed E-state index contributed by atoms with van der Waals surface area (Å²) in [5.41, 5.74) is 2.02. The van der Waals surface area contributed by atoms with Gasteiger partial charge in [0.2, 0.25) is 0 Å². The number of Topliss-reactive ketones (excluding diaryl/α,β-unsaturated/α-hetero) is 1. The molecule has 2 aromatic carbocycles. The number of ketones is 1. The zero-order valence-electron chi connectivity index (χ0n) is 24.0. The topological polar surface area (TPSA) is 44.8 Å². The minimum absolute atomic E-state index is 0.136. The molecule has 3 saturated heterocycles. The standard InChI is InChI=1S/C33H45Cl2N3O2/c1-40-32-9-4-3-8-25(32)22-31(39)30-24-33(14-7-16-36-30,26-10-11-28(34)29(35)23-26)15-21-37-19-12-27(13-20-37)38-17-5-2-6-18-38/h3-4,8-11,23,27,30,36H,2,5-7,12-22,24H2,1H3. The van der Waals surface area contributed by atoms with Crippen molar-refractivity contribution >= 4 is 29.0 Å². The van der Waals surface area contributed by atoms with Gasteiger partial charge in [0.25, 0.3) is 0 Å². The maximum Gasteiger partial charge on any atom is 0.154 e. The van der Waals surface area contributed by atoms with Crippen LogP contribution in [0.1, 0.15) is 68.9 Å². The second-order valence-corrected chi connectivity index (χ2v) is 12.9. The lowest BCUT2D eigenvalue weighted by Gasteiger charge is -2.42. The highest BCUT2D eigenvalue weighted by atomic mass is 35.5. The van der Waals surface area contributed by atoms with E-state index in [-0.39, 0.29) is 17.2 Å². The Bertz CT molecular complexity index is 1130. The van der Waals surface area contributed by atoms with Crippen molar-refractivity contribution in [2.24, 2.45) is 0 Å². The Hall–Kier alpha value is -1.63. The number of rotatable bonds is 9. The number of ether oxygens (including phenoxy) is 1. The molecule has 0 radical (unpaired) electrons. The number of hydrogen-bond acceptors (Lipinski definition) is 5. The van der Waals surface area contributed by atoms with E-state index < -0.39 is 0 Å². The molecular formula is C33H45Cl2N3O2. The second-order valence-electron chi connectivity index (χ2n) is 12.1. The monoisotopic (exact) mass is 585 g/mol. The van der Waals surface area contributed by atoms with Gasteiger partial charge in [-0.15, -0.1) is 0 Å². The molecule has 0 spiro atoms. The van der Waals surface area contributed by atoms with Crippen molar-refractivity contribution in [3.05, 3.63) is 63.6 Å². The third-order valence-electron chi connectivity index (χ3n) is 9.67. The lowest BCUT2D eigenvalue weighted by atomic mass is 9.69. The zero-order valence-corrected chi connectivity index (χ0v) is 25.5. The lowest BCUT2D eigenvalue weighted by Crippen LogP contribution is -2.48. The molecular weight excluding hydrogens is 541 g/mol. The van der Waals surface area contributed by atoms with E-state index in [1.54, 1.807) is 7.11 Å². The number of halogens is 2. The molecule has 218 valence electrons. The molecule has 0 saturated carbocycles. The van der Waals surface area contributed by atoms with Crippen LogP contribution in [0.5, 0.6) is 5.75 Å². The van der Waals surface area contributed by atoms with Crippen molar-refractivity contribution < 1.29 is 9.53 Å². The maximum absolute atomic E-state index is 13.7. The number of benzene rings is 2. The number of likely N-dealkylation sites (tertiary alicyclic amines) is 2. The van der Waals surface area contributed by atoms with Crippen molar-refractivity contribution in [3.63, 3.8) is 0 Å². The van der Waals surface area contributed by atoms with E-state index in [1.165, 1.54) is 50.8 Å². The predicted octanol–water partition coefficient (Wildman–Crippen LogP) is 6.53. The SMILES string of the molecule is COc1ccccc1CC(=O)C1CC(CCN2CCC(N3CCCCC3)CC2)(c2ccc(Cl)c(Cl)c2)CCCN1. The molecule has 7 heteroatoms. The molecule has 5 nitrogen and oxygen atoms in total. The van der Waals surface area contributed by atoms with Crippen molar-refractivity contribution in [1.29, 1.82) is 0 Å². The Morgan fingerprint density at radius 1 is 1.00 bits per heavy atom. The first-order valence-electron chi connectivity index (χ1n) is 15.3. The van der Waals surface area contributed by atoms with Crippen LogP contribution in [0.15, 0.2) is 42.5 Å². The van der Waals surface area contributed by atoms with E-state index in [1.807, 2.05) is 30.3 Å². The third-order valence-corrected chi connectivity index (χ3v) is 10.4. The number of piperidine rings is 2. The highest BCUT2D eigenvalue weighted by Gasteiger charge is 2.39. The Kier molecular flexibility index (Phi) is 10.5. The lowest BCUT2D eigenvalue weighted by molar-refractivity contribution is -0.120. The number of carbonyl (C=O) groups is 1. The number of methoxy groups -OCH3 is 1. The van der Waals surface area contributed by atoms with Gasteiger partial charge < -0.3 is 19.9 Å². The average molecular weight is 587 g/mol. The normalized spacial score (nSPS) is 25.4. The van der Waals surface area contributed by atoms with Gasteiger partial charge in [-0.25, -0.2) is 0 Å². The van der Waals surface area contributed by atoms with E-state index in [2.05, 4.69) is 27.2 Å². The minimum Gasteiger partial charge on any atom is -0.496 e. The summed E-state index contributed by atoms with van der Waals surface area (Å²) in [5.74, 6) is 0.992. The first-order valence-corrected chi connectivity index (χ1v) is 16.0. The largest absolute Gasteiger partial charge is 0.496 e. The van der Waals surface area contributed by atoms with Gasteiger partial charge in [-0.05, 0) is 120 Å². The molecule has 0 bridgehead atoms. The Morgan fingerprint density at radius 3 is 2.52 bits per heavy atom. The predicted molar refractivity (Wildman–Crippen MR) is 165 cm³/mol. The van der Waals surface area contributed by atoms with Crippen LogP contribution in [0.4, 0.5) is 0 Å². The number of hydrogen-bond donors (Lipinski definition) is 1. The molecule has 2 atom stereocenters. The number of nitrogens with one attached hydrogen (secondary N) is 1. The molecule has 3 heterocycles. The summed E-state index contributed by atoms with van der Waals surface area (Å²) in [5, 5.41) is 4.77. The van der Waals surface area contributed by atoms with Crippen LogP contribution in [0.25, 0.3) is 0 Å². The van der Waals surface area contributed by atoms with Gasteiger partial charge in [0.15, 0.2) is 5.78 Å². The van der Waals surface area contributed by atoms with Crippen LogP contribution >= 0.6 is 23.2 Å². The van der Waals surface area contributed by atoms with E-state index in [0.717, 1.165) is 69.2 Å². The molecule has 2 unspecified atom stereocenters. The third kappa shape index (κ3) is 7.22. The van der Waals surface area contributed by atoms with Crippen molar-refractivity contribution in [2.45, 2.75) is 81.7 Å². The van der Waals surface area contributed by atoms with Crippen LogP contribution in [-0.4, -0.2) is 74.0 Å². The van der Waals surface area contributed by atoms with Gasteiger partial charge in [-0.3, -0.25) is 4.79 Å². The molecule has 2 aromatic rings. The molecule has 0 aliphatic carbocycles. The minimum atomic E-state index is -0.216. The molecule has 1 N–H and O–H groups in total. The van der Waals surface area contributed by atoms with Crippen molar-refractivity contribution in [1.82, 2.24) is 15.1 Å². The summed E-state index contributed by atoms with van der Waals surface area (Å²) in [7, 11) is 1.66. The van der Waals surface area contributed by atoms with Gasteiger partial charge in [0, 0.05) is 18.0 Å². The summed E-state index contributed by atoms with van der Waals surface area (Å²) >= 11 is 12.9. The van der Waals surface area contributed by atoms with Crippen molar-refractivity contribution in [2.75, 3.05) is 46.4 Å². The van der Waals surface area contributed by atoms with Gasteiger partial charge in [-0.2, -0.15) is 0 Å². The van der Waals surface area contributed by atoms with E-state index in [4.69, 9.17) is 27.9 Å². The fourth-order valence-corrected chi connectivity index (χ4v) is 7.58. The number of nitrogens with zero attached hydrogens (tertiary/aromatic N) is 2. The van der Waals surface area contributed by atoms with E-state index in [0.29, 0.717) is 16.5 Å². The van der Waals surface area contributed by atoms with Gasteiger partial charge in [-0.1, -0.05) is 53.9 Å². The van der Waals surface area contributed by atoms with Crippen LogP contribution in [0.2, 0.25) is 10.0 Å². The smallest absolute Gasteiger partial charge is 0.154 e. The van der Waals surface area contributed by atoms with Crippen LogP contribution in [0.3, 0.4) is 0 Å². The first kappa shape index (κ1) is 29.8. The van der Waals surface area contributed by atoms with Gasteiger partial charge >= 0.3 is 0 Å². The average Bonchev–Trinajstić information content (AvgIpc) is 3.22. The fourth-order valence-electron chi connectivity index (χ4n) is 7.28. The Morgan fingerprint density at radius 2 is 1.77 bits per heavy atom. The highest BCUT2D eigenvalue weighted by molar-refractivity contribution is 6.42. The second kappa shape index (κ2) is 14.0. The van der Waals surface area contributed by atoms with Crippen LogP contribution in [0, 0.1) is 0 Å². The summed E-state index contributed by atoms with van der Waals surface area (Å²) in [6, 6.07) is 14.5. The summed E-state index contributed by atoms with van der Waals surface area (Å²) < 4.78 is 5.54. The van der Waals surface area contributed by atoms with Gasteiger partial charge in [0.05, 0.1) is 23.2 Å². The zero-order chi connectivity index (χ0) is 28.0. The molecule has 40 heavy (non-hydrogen) atoms. The Labute approximate surface area is 250 Å². The Balaban J connectivity index is 1.31. The number of para-hydroxylation sites is 1. The van der Waals surface area contributed by atoms with E-state index in [9.17, 15) is 4.79 Å². The van der Waals surface area contributed by atoms with Crippen LogP contribution in [-0.2, 0) is 16.6 Å². The molecule has 3 aliphatic heterocycles. The molecule has 0 aromatic heterocycles.